The molecule has 1 atom stereocenters. The summed E-state index contributed by atoms with van der Waals surface area (Å²) in [7, 11) is 0. The minimum absolute atomic E-state index is 0.0660. The van der Waals surface area contributed by atoms with E-state index in [4.69, 9.17) is 5.73 Å². The van der Waals surface area contributed by atoms with Gasteiger partial charge in [-0.3, -0.25) is 5.43 Å². The molecule has 1 aromatic rings. The van der Waals surface area contributed by atoms with Gasteiger partial charge in [0.05, 0.1) is 5.69 Å². The average Bonchev–Trinajstić information content (AvgIpc) is 2.67. The number of para-hydroxylation sites is 1. The summed E-state index contributed by atoms with van der Waals surface area (Å²) in [6.45, 7) is 0. The molecule has 3 rings (SSSR count). The Labute approximate surface area is 80.9 Å². The van der Waals surface area contributed by atoms with Crippen molar-refractivity contribution in [3.63, 3.8) is 0 Å². The van der Waals surface area contributed by atoms with E-state index in [-0.39, 0.29) is 6.17 Å². The van der Waals surface area contributed by atoms with E-state index < -0.39 is 0 Å². The molecule has 14 heavy (non-hydrogen) atoms. The smallest absolute Gasteiger partial charge is 0.218 e. The topological polar surface area (TPSA) is 66.0 Å². The van der Waals surface area contributed by atoms with Gasteiger partial charge in [-0.25, -0.2) is 15.0 Å². The summed E-state index contributed by atoms with van der Waals surface area (Å²) in [6.07, 6.45) is 1.57. The molecule has 0 amide bonds. The van der Waals surface area contributed by atoms with Gasteiger partial charge in [-0.2, -0.15) is 0 Å². The van der Waals surface area contributed by atoms with Gasteiger partial charge in [0.15, 0.2) is 6.17 Å². The number of benzene rings is 1. The van der Waals surface area contributed by atoms with Crippen LogP contribution in [0.4, 0.5) is 5.69 Å². The molecule has 1 aromatic carbocycles. The normalized spacial score (nSPS) is 22.4. The van der Waals surface area contributed by atoms with Crippen molar-refractivity contribution in [1.82, 2.24) is 10.4 Å². The Hall–Kier alpha value is -2.04. The second-order valence-corrected chi connectivity index (χ2v) is 3.18. The van der Waals surface area contributed by atoms with Crippen LogP contribution in [0.15, 0.2) is 34.3 Å². The summed E-state index contributed by atoms with van der Waals surface area (Å²) in [5.74, 6) is 0.450. The third-order valence-corrected chi connectivity index (χ3v) is 2.35. The summed E-state index contributed by atoms with van der Waals surface area (Å²) < 4.78 is 0. The van der Waals surface area contributed by atoms with E-state index in [0.29, 0.717) is 5.96 Å². The Morgan fingerprint density at radius 2 is 2.21 bits per heavy atom. The molecule has 0 aromatic heterocycles. The first-order chi connectivity index (χ1) is 6.86. The van der Waals surface area contributed by atoms with Gasteiger partial charge in [-0.1, -0.05) is 18.2 Å². The van der Waals surface area contributed by atoms with E-state index in [1.807, 2.05) is 24.3 Å². The number of fused-ring (bicyclic) bond motifs is 3. The summed E-state index contributed by atoms with van der Waals surface area (Å²) >= 11 is 0. The lowest BCUT2D eigenvalue weighted by Crippen LogP contribution is -2.45. The van der Waals surface area contributed by atoms with Crippen LogP contribution >= 0.6 is 0 Å². The van der Waals surface area contributed by atoms with E-state index in [2.05, 4.69) is 15.4 Å². The number of rotatable bonds is 0. The molecule has 70 valence electrons. The molecular formula is C9H9N5. The highest BCUT2D eigenvalue weighted by Crippen LogP contribution is 2.34. The Bertz CT molecular complexity index is 437. The lowest BCUT2D eigenvalue weighted by atomic mass is 10.1. The zero-order chi connectivity index (χ0) is 9.54. The first kappa shape index (κ1) is 7.37. The third-order valence-electron chi connectivity index (χ3n) is 2.35. The maximum absolute atomic E-state index is 5.77. The van der Waals surface area contributed by atoms with Crippen molar-refractivity contribution in [3.05, 3.63) is 29.8 Å². The van der Waals surface area contributed by atoms with Gasteiger partial charge in [0.1, 0.15) is 6.34 Å². The fourth-order valence-electron chi connectivity index (χ4n) is 1.70. The van der Waals surface area contributed by atoms with Gasteiger partial charge in [0.2, 0.25) is 5.96 Å². The molecule has 0 radical (unpaired) electrons. The number of guanidine groups is 1. The lowest BCUT2D eigenvalue weighted by Gasteiger charge is -2.28. The molecule has 2 aliphatic heterocycles. The molecule has 0 aliphatic carbocycles. The number of hydrogen-bond acceptors (Lipinski definition) is 5. The Morgan fingerprint density at radius 3 is 3.14 bits per heavy atom. The second kappa shape index (κ2) is 2.47. The molecule has 0 spiro atoms. The molecular weight excluding hydrogens is 178 g/mol. The first-order valence-corrected chi connectivity index (χ1v) is 4.36. The zero-order valence-electron chi connectivity index (χ0n) is 7.38. The number of aliphatic imine (C=N–C) groups is 2. The highest BCUT2D eigenvalue weighted by atomic mass is 15.6. The fraction of sp³-hybridized carbons (Fsp3) is 0.111. The average molecular weight is 187 g/mol. The monoisotopic (exact) mass is 187 g/mol. The molecule has 5 nitrogen and oxygen atoms in total. The molecule has 0 fully saturated rings. The molecule has 3 N–H and O–H groups in total. The van der Waals surface area contributed by atoms with Crippen LogP contribution in [-0.2, 0) is 0 Å². The third kappa shape index (κ3) is 0.834. The summed E-state index contributed by atoms with van der Waals surface area (Å²) in [5, 5.41) is 1.74. The van der Waals surface area contributed by atoms with Crippen molar-refractivity contribution in [1.29, 1.82) is 0 Å². The predicted molar refractivity (Wildman–Crippen MR) is 53.9 cm³/mol. The van der Waals surface area contributed by atoms with Crippen molar-refractivity contribution in [2.75, 3.05) is 0 Å². The van der Waals surface area contributed by atoms with Crippen molar-refractivity contribution in [2.45, 2.75) is 6.17 Å². The number of hydrogen-bond donors (Lipinski definition) is 2. The lowest BCUT2D eigenvalue weighted by molar-refractivity contribution is 0.313. The van der Waals surface area contributed by atoms with Crippen molar-refractivity contribution >= 4 is 18.0 Å². The largest absolute Gasteiger partial charge is 0.368 e. The quantitative estimate of drug-likeness (QED) is 0.621. The van der Waals surface area contributed by atoms with Crippen molar-refractivity contribution in [2.24, 2.45) is 15.7 Å². The van der Waals surface area contributed by atoms with Crippen LogP contribution in [0.25, 0.3) is 0 Å². The Balaban J connectivity index is 2.20. The zero-order valence-corrected chi connectivity index (χ0v) is 7.38. The van der Waals surface area contributed by atoms with E-state index in [1.165, 1.54) is 0 Å². The number of nitrogens with two attached hydrogens (primary N) is 1. The van der Waals surface area contributed by atoms with E-state index in [9.17, 15) is 0 Å². The van der Waals surface area contributed by atoms with Gasteiger partial charge < -0.3 is 5.73 Å². The molecule has 0 saturated heterocycles. The molecule has 5 heteroatoms. The first-order valence-electron chi connectivity index (χ1n) is 4.36. The van der Waals surface area contributed by atoms with Crippen LogP contribution < -0.4 is 11.2 Å². The van der Waals surface area contributed by atoms with Crippen LogP contribution in [0.2, 0.25) is 0 Å². The summed E-state index contributed by atoms with van der Waals surface area (Å²) in [6, 6.07) is 7.86. The van der Waals surface area contributed by atoms with Crippen molar-refractivity contribution in [3.8, 4) is 0 Å². The van der Waals surface area contributed by atoms with E-state index in [1.54, 1.807) is 11.3 Å². The Morgan fingerprint density at radius 1 is 1.36 bits per heavy atom. The van der Waals surface area contributed by atoms with Crippen molar-refractivity contribution < 1.29 is 0 Å². The predicted octanol–water partition coefficient (Wildman–Crippen LogP) is 0.494. The standard InChI is InChI=1S/C9H9N5/c10-9-13-7-4-2-1-3-6(7)8-11-5-12-14(8)9/h1-5,8H,(H2,10,13)(H,11,12). The van der Waals surface area contributed by atoms with Gasteiger partial charge in [-0.15, -0.1) is 0 Å². The Kier molecular flexibility index (Phi) is 1.30. The van der Waals surface area contributed by atoms with Gasteiger partial charge in [0.25, 0.3) is 0 Å². The molecule has 2 aliphatic rings. The second-order valence-electron chi connectivity index (χ2n) is 3.18. The number of nitrogens with zero attached hydrogens (tertiary/aromatic N) is 3. The molecule has 0 saturated carbocycles. The maximum Gasteiger partial charge on any atom is 0.218 e. The van der Waals surface area contributed by atoms with Crippen LogP contribution in [0.1, 0.15) is 11.7 Å². The fourth-order valence-corrected chi connectivity index (χ4v) is 1.70. The molecule has 1 unspecified atom stereocenters. The van der Waals surface area contributed by atoms with Gasteiger partial charge >= 0.3 is 0 Å². The van der Waals surface area contributed by atoms with Gasteiger partial charge in [0, 0.05) is 5.56 Å². The highest BCUT2D eigenvalue weighted by molar-refractivity contribution is 5.86. The maximum atomic E-state index is 5.77. The van der Waals surface area contributed by atoms with Gasteiger partial charge in [-0.05, 0) is 6.07 Å². The molecule has 0 bridgehead atoms. The van der Waals surface area contributed by atoms with Crippen LogP contribution in [0.3, 0.4) is 0 Å². The SMILES string of the molecule is NC1=Nc2ccccc2C2N=CNN12. The minimum Gasteiger partial charge on any atom is -0.368 e. The van der Waals surface area contributed by atoms with E-state index >= 15 is 0 Å². The minimum atomic E-state index is -0.0660. The van der Waals surface area contributed by atoms with Crippen LogP contribution in [-0.4, -0.2) is 17.3 Å². The summed E-state index contributed by atoms with van der Waals surface area (Å²) in [4.78, 5) is 8.54. The number of nitrogens with one attached hydrogen (secondary N) is 1. The van der Waals surface area contributed by atoms with Crippen LogP contribution in [0.5, 0.6) is 0 Å². The van der Waals surface area contributed by atoms with Crippen LogP contribution in [0, 0.1) is 0 Å². The summed E-state index contributed by atoms with van der Waals surface area (Å²) in [5.41, 5.74) is 10.7. The van der Waals surface area contributed by atoms with E-state index in [0.717, 1.165) is 11.3 Å². The number of hydrazine groups is 1. The molecule has 2 heterocycles. The highest BCUT2D eigenvalue weighted by Gasteiger charge is 2.30.